The molecule has 3 saturated heterocycles. The van der Waals surface area contributed by atoms with Crippen LogP contribution in [0.5, 0.6) is 0 Å². The number of carbonyl (C=O) groups excluding carboxylic acids is 1. The van der Waals surface area contributed by atoms with Crippen LogP contribution in [0.1, 0.15) is 328 Å². The van der Waals surface area contributed by atoms with Crippen LogP contribution in [-0.4, -0.2) is 193 Å². The molecular formula is C77H145NO18. The van der Waals surface area contributed by atoms with Crippen LogP contribution in [0.15, 0.2) is 24.3 Å². The highest BCUT2D eigenvalue weighted by Crippen LogP contribution is 2.33. The van der Waals surface area contributed by atoms with Crippen molar-refractivity contribution < 1.29 is 89.4 Å². The normalized spacial score (nSPS) is 27.1. The molecule has 3 heterocycles. The van der Waals surface area contributed by atoms with E-state index >= 15 is 0 Å². The van der Waals surface area contributed by atoms with Crippen molar-refractivity contribution in [2.45, 2.75) is 433 Å². The summed E-state index contributed by atoms with van der Waals surface area (Å²) in [5.74, 6) is -0.236. The van der Waals surface area contributed by atoms with E-state index in [4.69, 9.17) is 28.4 Å². The molecule has 19 nitrogen and oxygen atoms in total. The Morgan fingerprint density at radius 3 is 1.06 bits per heavy atom. The molecule has 19 heteroatoms. The number of allylic oxidation sites excluding steroid dienone is 4. The van der Waals surface area contributed by atoms with Gasteiger partial charge in [-0.2, -0.15) is 0 Å². The standard InChI is InChI=1S/C77H145NO18/c1-3-5-7-9-11-13-15-17-19-20-21-22-23-24-25-26-27-28-29-30-31-32-33-34-35-36-37-38-39-40-41-43-45-47-49-51-53-55-65(83)78-60(61(82)54-52-50-48-46-44-42-18-16-14-12-10-8-6-4-2)59-91-75-71(89)68(86)73(63(57-80)93-75)96-77-72(90)69(87)74(64(58-81)94-77)95-76-70(88)67(85)66(84)62(56-79)92-76/h15,17,20-21,60-64,66-77,79-82,84-90H,3-14,16,18-19,22-59H2,1-2H3,(H,78,83)/b17-15-,21-20-. The van der Waals surface area contributed by atoms with Crippen molar-refractivity contribution in [2.75, 3.05) is 26.4 Å². The van der Waals surface area contributed by atoms with Crippen molar-refractivity contribution in [3.05, 3.63) is 24.3 Å². The van der Waals surface area contributed by atoms with Crippen LogP contribution in [-0.2, 0) is 33.2 Å². The molecule has 566 valence electrons. The number of carbonyl (C=O) groups is 1. The monoisotopic (exact) mass is 1370 g/mol. The second kappa shape index (κ2) is 58.7. The molecule has 3 aliphatic rings. The highest BCUT2D eigenvalue weighted by molar-refractivity contribution is 5.76. The second-order valence-corrected chi connectivity index (χ2v) is 28.5. The largest absolute Gasteiger partial charge is 0.394 e. The van der Waals surface area contributed by atoms with Crippen LogP contribution in [0, 0.1) is 0 Å². The van der Waals surface area contributed by atoms with Gasteiger partial charge in [0.2, 0.25) is 5.91 Å². The van der Waals surface area contributed by atoms with E-state index in [1.807, 2.05) is 0 Å². The summed E-state index contributed by atoms with van der Waals surface area (Å²) < 4.78 is 34.5. The van der Waals surface area contributed by atoms with Crippen LogP contribution in [0.3, 0.4) is 0 Å². The average molecular weight is 1370 g/mol. The predicted octanol–water partition coefficient (Wildman–Crippen LogP) is 12.6. The summed E-state index contributed by atoms with van der Waals surface area (Å²) in [5, 5.41) is 121. The third kappa shape index (κ3) is 39.1. The van der Waals surface area contributed by atoms with Crippen molar-refractivity contribution in [1.82, 2.24) is 5.32 Å². The zero-order chi connectivity index (χ0) is 69.6. The van der Waals surface area contributed by atoms with E-state index < -0.39 is 124 Å². The van der Waals surface area contributed by atoms with Crippen molar-refractivity contribution in [3.63, 3.8) is 0 Å². The maximum Gasteiger partial charge on any atom is 0.220 e. The van der Waals surface area contributed by atoms with Gasteiger partial charge in [-0.15, -0.1) is 0 Å². The van der Waals surface area contributed by atoms with Crippen LogP contribution < -0.4 is 5.32 Å². The summed E-state index contributed by atoms with van der Waals surface area (Å²) in [5.41, 5.74) is 0. The summed E-state index contributed by atoms with van der Waals surface area (Å²) in [7, 11) is 0. The molecule has 0 spiro atoms. The number of hydrogen-bond acceptors (Lipinski definition) is 18. The summed E-state index contributed by atoms with van der Waals surface area (Å²) in [4.78, 5) is 13.5. The molecule has 0 saturated carbocycles. The number of aliphatic hydroxyl groups is 11. The first-order valence-corrected chi connectivity index (χ1v) is 39.6. The molecule has 3 fully saturated rings. The highest BCUT2D eigenvalue weighted by atomic mass is 16.8. The molecule has 0 bridgehead atoms. The zero-order valence-electron chi connectivity index (χ0n) is 60.4. The molecule has 0 aromatic heterocycles. The fourth-order valence-corrected chi connectivity index (χ4v) is 13.6. The number of hydrogen-bond donors (Lipinski definition) is 12. The third-order valence-electron chi connectivity index (χ3n) is 20.0. The Kier molecular flexibility index (Phi) is 54.1. The van der Waals surface area contributed by atoms with Crippen LogP contribution >= 0.6 is 0 Å². The van der Waals surface area contributed by atoms with Gasteiger partial charge in [0.15, 0.2) is 18.9 Å². The van der Waals surface area contributed by atoms with E-state index in [9.17, 15) is 61.0 Å². The number of nitrogens with one attached hydrogen (secondary N) is 1. The Labute approximate surface area is 581 Å². The van der Waals surface area contributed by atoms with Gasteiger partial charge in [-0.3, -0.25) is 4.79 Å². The number of ether oxygens (including phenoxy) is 6. The lowest BCUT2D eigenvalue weighted by Crippen LogP contribution is -2.66. The minimum atomic E-state index is -1.97. The zero-order valence-corrected chi connectivity index (χ0v) is 60.4. The van der Waals surface area contributed by atoms with Crippen LogP contribution in [0.4, 0.5) is 0 Å². The molecule has 0 radical (unpaired) electrons. The van der Waals surface area contributed by atoms with E-state index in [-0.39, 0.29) is 18.9 Å². The Balaban J connectivity index is 1.29. The maximum absolute atomic E-state index is 13.5. The number of amides is 1. The third-order valence-corrected chi connectivity index (χ3v) is 20.0. The van der Waals surface area contributed by atoms with Crippen LogP contribution in [0.2, 0.25) is 0 Å². The molecular weight excluding hydrogens is 1230 g/mol. The number of unbranched alkanes of at least 4 members (excludes halogenated alkanes) is 43. The van der Waals surface area contributed by atoms with Gasteiger partial charge in [0.1, 0.15) is 73.2 Å². The van der Waals surface area contributed by atoms with Gasteiger partial charge in [0.05, 0.1) is 38.6 Å². The summed E-state index contributed by atoms with van der Waals surface area (Å²) in [6.45, 7) is 1.82. The van der Waals surface area contributed by atoms with Gasteiger partial charge in [-0.05, 0) is 44.9 Å². The van der Waals surface area contributed by atoms with Crippen molar-refractivity contribution in [3.8, 4) is 0 Å². The van der Waals surface area contributed by atoms with Gasteiger partial charge >= 0.3 is 0 Å². The Hall–Kier alpha value is -1.73. The van der Waals surface area contributed by atoms with Crippen molar-refractivity contribution in [1.29, 1.82) is 0 Å². The molecule has 3 rings (SSSR count). The Morgan fingerprint density at radius 2 is 0.688 bits per heavy atom. The second-order valence-electron chi connectivity index (χ2n) is 28.5. The van der Waals surface area contributed by atoms with Crippen molar-refractivity contribution in [2.24, 2.45) is 0 Å². The molecule has 12 N–H and O–H groups in total. The van der Waals surface area contributed by atoms with E-state index in [1.54, 1.807) is 0 Å². The first kappa shape index (κ1) is 88.5. The minimum absolute atomic E-state index is 0.236. The van der Waals surface area contributed by atoms with E-state index in [0.717, 1.165) is 51.4 Å². The lowest BCUT2D eigenvalue weighted by molar-refractivity contribution is -0.379. The molecule has 1 amide bonds. The van der Waals surface area contributed by atoms with Gasteiger partial charge in [-0.25, -0.2) is 0 Å². The first-order valence-electron chi connectivity index (χ1n) is 39.6. The predicted molar refractivity (Wildman–Crippen MR) is 379 cm³/mol. The quantitative estimate of drug-likeness (QED) is 0.0199. The van der Waals surface area contributed by atoms with Crippen LogP contribution in [0.25, 0.3) is 0 Å². The lowest BCUT2D eigenvalue weighted by Gasteiger charge is -2.48. The number of aliphatic hydroxyl groups excluding tert-OH is 11. The maximum atomic E-state index is 13.5. The molecule has 17 unspecified atom stereocenters. The topological polar surface area (TPSA) is 307 Å². The molecule has 17 atom stereocenters. The fourth-order valence-electron chi connectivity index (χ4n) is 13.6. The van der Waals surface area contributed by atoms with Gasteiger partial charge < -0.3 is 89.9 Å². The van der Waals surface area contributed by atoms with E-state index in [0.29, 0.717) is 12.8 Å². The van der Waals surface area contributed by atoms with Gasteiger partial charge in [-0.1, -0.05) is 301 Å². The fraction of sp³-hybridized carbons (Fsp3) is 0.935. The lowest BCUT2D eigenvalue weighted by atomic mass is 9.96. The summed E-state index contributed by atoms with van der Waals surface area (Å²) >= 11 is 0. The highest BCUT2D eigenvalue weighted by Gasteiger charge is 2.54. The Bertz CT molecular complexity index is 1830. The summed E-state index contributed by atoms with van der Waals surface area (Å²) in [6, 6.07) is -0.884. The minimum Gasteiger partial charge on any atom is -0.394 e. The summed E-state index contributed by atoms with van der Waals surface area (Å²) in [6.07, 6.45) is 42.9. The number of rotatable bonds is 63. The van der Waals surface area contributed by atoms with Gasteiger partial charge in [0, 0.05) is 6.42 Å². The molecule has 3 aliphatic heterocycles. The van der Waals surface area contributed by atoms with Gasteiger partial charge in [0.25, 0.3) is 0 Å². The van der Waals surface area contributed by atoms with Crippen molar-refractivity contribution >= 4 is 5.91 Å². The molecule has 0 aromatic rings. The van der Waals surface area contributed by atoms with E-state index in [1.165, 1.54) is 244 Å². The average Bonchev–Trinajstić information content (AvgIpc) is 0.787. The first-order chi connectivity index (χ1) is 46.8. The Morgan fingerprint density at radius 1 is 0.375 bits per heavy atom. The molecule has 96 heavy (non-hydrogen) atoms. The molecule has 0 aliphatic carbocycles. The van der Waals surface area contributed by atoms with E-state index in [2.05, 4.69) is 43.5 Å². The SMILES string of the molecule is CCCCCCC/C=C\C/C=C\CCCCCCCCCCCCCCCCCCCCCCCCCCCC(=O)NC(COC1OC(CO)C(OC2OC(CO)C(OC3OC(CO)C(O)C(O)C3O)C(O)C2O)C(O)C1O)C(O)CCCCCCCCCCCCCCCC. The molecule has 0 aromatic carbocycles. The smallest absolute Gasteiger partial charge is 0.220 e.